The van der Waals surface area contributed by atoms with Crippen LogP contribution in [0.15, 0.2) is 41.3 Å². The normalized spacial score (nSPS) is 11.4. The highest BCUT2D eigenvalue weighted by Crippen LogP contribution is 2.29. The number of halogens is 4. The number of carbonyl (C=O) groups excluding carboxylic acids is 1. The minimum Gasteiger partial charge on any atom is -0.325 e. The Hall–Kier alpha value is -2.28. The number of benzene rings is 1. The van der Waals surface area contributed by atoms with Gasteiger partial charge >= 0.3 is 6.18 Å². The molecule has 0 spiro atoms. The molecular weight excluding hydrogens is 357 g/mol. The van der Waals surface area contributed by atoms with Crippen LogP contribution in [0.4, 0.5) is 18.9 Å². The molecule has 0 aliphatic carbocycles. The lowest BCUT2D eigenvalue weighted by molar-refractivity contribution is -0.138. The lowest BCUT2D eigenvalue weighted by Crippen LogP contribution is -2.29. The van der Waals surface area contributed by atoms with E-state index >= 15 is 0 Å². The van der Waals surface area contributed by atoms with E-state index in [0.717, 1.165) is 18.4 Å². The maximum atomic E-state index is 12.8. The molecule has 0 saturated heterocycles. The van der Waals surface area contributed by atoms with Crippen molar-refractivity contribution in [2.75, 3.05) is 5.32 Å². The van der Waals surface area contributed by atoms with Crippen LogP contribution >= 0.6 is 11.6 Å². The molecule has 0 saturated carbocycles. The predicted octanol–water partition coefficient (Wildman–Crippen LogP) is 4.11. The van der Waals surface area contributed by atoms with Gasteiger partial charge in [0.1, 0.15) is 11.6 Å². The molecule has 1 aromatic heterocycles. The van der Waals surface area contributed by atoms with Gasteiger partial charge in [-0.3, -0.25) is 9.59 Å². The SMILES string of the molecule is CCCc1ccc(NC(=O)Cn2cc(C(F)(F)F)cc(Cl)c2=O)cc1. The Morgan fingerprint density at radius 3 is 2.44 bits per heavy atom. The molecule has 4 nitrogen and oxygen atoms in total. The zero-order chi connectivity index (χ0) is 18.6. The summed E-state index contributed by atoms with van der Waals surface area (Å²) in [6.45, 7) is 1.48. The van der Waals surface area contributed by atoms with Gasteiger partial charge < -0.3 is 9.88 Å². The number of aromatic nitrogens is 1. The standard InChI is InChI=1S/C17H16ClF3N2O2/c1-2-3-11-4-6-13(7-5-11)22-15(24)10-23-9-12(17(19,20)21)8-14(18)16(23)25/h4-9H,2-3,10H2,1H3,(H,22,24). The molecule has 2 aromatic rings. The molecule has 1 N–H and O–H groups in total. The van der Waals surface area contributed by atoms with Crippen LogP contribution in [0.25, 0.3) is 0 Å². The summed E-state index contributed by atoms with van der Waals surface area (Å²) in [5.41, 5.74) is -0.339. The number of hydrogen-bond acceptors (Lipinski definition) is 2. The molecule has 0 aliphatic rings. The van der Waals surface area contributed by atoms with E-state index in [4.69, 9.17) is 11.6 Å². The summed E-state index contributed by atoms with van der Waals surface area (Å²) in [6, 6.07) is 7.65. The average Bonchev–Trinajstić information content (AvgIpc) is 2.52. The number of nitrogens with zero attached hydrogens (tertiary/aromatic N) is 1. The Bertz CT molecular complexity index is 814. The van der Waals surface area contributed by atoms with Crippen molar-refractivity contribution in [2.24, 2.45) is 0 Å². The van der Waals surface area contributed by atoms with Crippen LogP contribution in [-0.4, -0.2) is 10.5 Å². The van der Waals surface area contributed by atoms with E-state index in [1.54, 1.807) is 12.1 Å². The summed E-state index contributed by atoms with van der Waals surface area (Å²) in [5, 5.41) is 1.95. The number of nitrogens with one attached hydrogen (secondary N) is 1. The summed E-state index contributed by atoms with van der Waals surface area (Å²) < 4.78 is 39.0. The molecule has 0 radical (unpaired) electrons. The Morgan fingerprint density at radius 2 is 1.88 bits per heavy atom. The van der Waals surface area contributed by atoms with Crippen LogP contribution in [0.5, 0.6) is 0 Å². The Balaban J connectivity index is 2.15. The van der Waals surface area contributed by atoms with Crippen molar-refractivity contribution in [1.29, 1.82) is 0 Å². The minimum absolute atomic E-state index is 0.496. The number of pyridine rings is 1. The lowest BCUT2D eigenvalue weighted by Gasteiger charge is -2.12. The van der Waals surface area contributed by atoms with Crippen molar-refractivity contribution in [2.45, 2.75) is 32.5 Å². The number of anilines is 1. The topological polar surface area (TPSA) is 51.1 Å². The van der Waals surface area contributed by atoms with E-state index in [9.17, 15) is 22.8 Å². The third kappa shape index (κ3) is 5.09. The minimum atomic E-state index is -4.66. The van der Waals surface area contributed by atoms with Gasteiger partial charge in [-0.25, -0.2) is 0 Å². The lowest BCUT2D eigenvalue weighted by atomic mass is 10.1. The van der Waals surface area contributed by atoms with Crippen LogP contribution in [0, 0.1) is 0 Å². The third-order valence-electron chi connectivity index (χ3n) is 3.46. The Labute approximate surface area is 147 Å². The fourth-order valence-corrected chi connectivity index (χ4v) is 2.50. The zero-order valence-electron chi connectivity index (χ0n) is 13.4. The van der Waals surface area contributed by atoms with Gasteiger partial charge in [0.2, 0.25) is 5.91 Å². The molecule has 1 amide bonds. The van der Waals surface area contributed by atoms with Gasteiger partial charge in [0.25, 0.3) is 5.56 Å². The van der Waals surface area contributed by atoms with E-state index in [-0.39, 0.29) is 0 Å². The zero-order valence-corrected chi connectivity index (χ0v) is 14.1. The first-order valence-electron chi connectivity index (χ1n) is 7.56. The second kappa shape index (κ2) is 7.74. The van der Waals surface area contributed by atoms with Crippen molar-refractivity contribution in [3.8, 4) is 0 Å². The quantitative estimate of drug-likeness (QED) is 0.858. The maximum Gasteiger partial charge on any atom is 0.417 e. The van der Waals surface area contributed by atoms with Crippen LogP contribution < -0.4 is 10.9 Å². The van der Waals surface area contributed by atoms with Gasteiger partial charge in [-0.1, -0.05) is 37.1 Å². The van der Waals surface area contributed by atoms with Crippen molar-refractivity contribution < 1.29 is 18.0 Å². The molecule has 1 aromatic carbocycles. The van der Waals surface area contributed by atoms with E-state index in [1.165, 1.54) is 0 Å². The molecule has 1 heterocycles. The van der Waals surface area contributed by atoms with Gasteiger partial charge in [0.15, 0.2) is 0 Å². The summed E-state index contributed by atoms with van der Waals surface area (Å²) in [5.74, 6) is -0.624. The van der Waals surface area contributed by atoms with Crippen LogP contribution in [0.1, 0.15) is 24.5 Å². The van der Waals surface area contributed by atoms with Crippen molar-refractivity contribution in [1.82, 2.24) is 4.57 Å². The Morgan fingerprint density at radius 1 is 1.24 bits per heavy atom. The first kappa shape index (κ1) is 19.1. The molecule has 0 fully saturated rings. The monoisotopic (exact) mass is 372 g/mol. The molecular formula is C17H16ClF3N2O2. The summed E-state index contributed by atoms with van der Waals surface area (Å²) in [7, 11) is 0. The first-order chi connectivity index (χ1) is 11.7. The van der Waals surface area contributed by atoms with Gasteiger partial charge in [0, 0.05) is 11.9 Å². The average molecular weight is 373 g/mol. The number of amides is 1. The summed E-state index contributed by atoms with van der Waals surface area (Å²) in [6.07, 6.45) is -2.18. The van der Waals surface area contributed by atoms with E-state index in [0.29, 0.717) is 22.5 Å². The molecule has 8 heteroatoms. The molecule has 0 unspecified atom stereocenters. The summed E-state index contributed by atoms with van der Waals surface area (Å²) >= 11 is 5.55. The van der Waals surface area contributed by atoms with Crippen molar-refractivity contribution >= 4 is 23.2 Å². The van der Waals surface area contributed by atoms with Crippen LogP contribution in [-0.2, 0) is 23.9 Å². The molecule has 0 atom stereocenters. The number of alkyl halides is 3. The summed E-state index contributed by atoms with van der Waals surface area (Å²) in [4.78, 5) is 23.9. The first-order valence-corrected chi connectivity index (χ1v) is 7.94. The number of rotatable bonds is 5. The van der Waals surface area contributed by atoms with Gasteiger partial charge in [-0.15, -0.1) is 0 Å². The third-order valence-corrected chi connectivity index (χ3v) is 3.73. The van der Waals surface area contributed by atoms with Gasteiger partial charge in [0.05, 0.1) is 5.56 Å². The molecule has 134 valence electrons. The van der Waals surface area contributed by atoms with Gasteiger partial charge in [-0.05, 0) is 30.2 Å². The predicted molar refractivity (Wildman–Crippen MR) is 89.8 cm³/mol. The molecule has 0 bridgehead atoms. The molecule has 2 rings (SSSR count). The fourth-order valence-electron chi connectivity index (χ4n) is 2.27. The second-order valence-corrected chi connectivity index (χ2v) is 5.91. The highest BCUT2D eigenvalue weighted by Gasteiger charge is 2.32. The number of hydrogen-bond donors (Lipinski definition) is 1. The number of aryl methyl sites for hydroxylation is 1. The number of carbonyl (C=O) groups is 1. The highest BCUT2D eigenvalue weighted by molar-refractivity contribution is 6.30. The van der Waals surface area contributed by atoms with Gasteiger partial charge in [-0.2, -0.15) is 13.2 Å². The van der Waals surface area contributed by atoms with E-state index in [2.05, 4.69) is 5.32 Å². The maximum absolute atomic E-state index is 12.8. The highest BCUT2D eigenvalue weighted by atomic mass is 35.5. The largest absolute Gasteiger partial charge is 0.417 e. The Kier molecular flexibility index (Phi) is 5.89. The van der Waals surface area contributed by atoms with Crippen molar-refractivity contribution in [3.63, 3.8) is 0 Å². The van der Waals surface area contributed by atoms with Crippen molar-refractivity contribution in [3.05, 3.63) is 63.0 Å². The van der Waals surface area contributed by atoms with E-state index < -0.39 is 34.8 Å². The second-order valence-electron chi connectivity index (χ2n) is 5.50. The van der Waals surface area contributed by atoms with Crippen LogP contribution in [0.3, 0.4) is 0 Å². The fraction of sp³-hybridized carbons (Fsp3) is 0.294. The molecule has 0 aliphatic heterocycles. The smallest absolute Gasteiger partial charge is 0.325 e. The molecule has 25 heavy (non-hydrogen) atoms. The van der Waals surface area contributed by atoms with Crippen LogP contribution in [0.2, 0.25) is 5.02 Å². The van der Waals surface area contributed by atoms with E-state index in [1.807, 2.05) is 19.1 Å².